The number of hydrogen-bond acceptors (Lipinski definition) is 5. The summed E-state index contributed by atoms with van der Waals surface area (Å²) >= 11 is 1.39. The molecule has 0 atom stereocenters. The summed E-state index contributed by atoms with van der Waals surface area (Å²) in [5.41, 5.74) is 5.60. The molecule has 0 unspecified atom stereocenters. The summed E-state index contributed by atoms with van der Waals surface area (Å²) in [5, 5.41) is 5.29. The molecule has 17 heavy (non-hydrogen) atoms. The molecule has 1 amide bonds. The Hall–Kier alpha value is -1.30. The van der Waals surface area contributed by atoms with Gasteiger partial charge in [0.05, 0.1) is 11.2 Å². The van der Waals surface area contributed by atoms with E-state index in [1.807, 2.05) is 26.2 Å². The van der Waals surface area contributed by atoms with Gasteiger partial charge in [0.2, 0.25) is 0 Å². The predicted octanol–water partition coefficient (Wildman–Crippen LogP) is 2.24. The van der Waals surface area contributed by atoms with Gasteiger partial charge in [-0.1, -0.05) is 0 Å². The molecule has 6 heteroatoms. The standard InChI is InChI=1S/C11H17N3O2S/c1-10(2,3)16-9(15)14-11(4-5-11)7-6-17-8(12)13-7/h6H,4-5H2,1-3H3,(H2,12,13)(H,14,15). The third-order valence-corrected chi connectivity index (χ3v) is 3.18. The van der Waals surface area contributed by atoms with Gasteiger partial charge in [-0.25, -0.2) is 9.78 Å². The van der Waals surface area contributed by atoms with Crippen LogP contribution in [0.25, 0.3) is 0 Å². The number of nitrogens with zero attached hydrogens (tertiary/aromatic N) is 1. The number of nitrogen functional groups attached to an aromatic ring is 1. The second-order valence-electron chi connectivity index (χ2n) is 5.28. The second kappa shape index (κ2) is 3.87. The van der Waals surface area contributed by atoms with Crippen LogP contribution in [0.4, 0.5) is 9.93 Å². The van der Waals surface area contributed by atoms with E-state index >= 15 is 0 Å². The zero-order chi connectivity index (χ0) is 12.7. The van der Waals surface area contributed by atoms with Crippen LogP contribution in [-0.4, -0.2) is 16.7 Å². The van der Waals surface area contributed by atoms with Crippen molar-refractivity contribution in [3.05, 3.63) is 11.1 Å². The Kier molecular flexibility index (Phi) is 2.77. The molecule has 1 saturated carbocycles. The average Bonchev–Trinajstić information content (AvgIpc) is 2.77. The van der Waals surface area contributed by atoms with E-state index in [0.29, 0.717) is 5.13 Å². The van der Waals surface area contributed by atoms with E-state index in [0.717, 1.165) is 18.5 Å². The topological polar surface area (TPSA) is 77.2 Å². The molecule has 1 aliphatic rings. The molecule has 0 bridgehead atoms. The third-order valence-electron chi connectivity index (χ3n) is 2.50. The van der Waals surface area contributed by atoms with Crippen molar-refractivity contribution >= 4 is 22.6 Å². The van der Waals surface area contributed by atoms with Crippen molar-refractivity contribution in [1.82, 2.24) is 10.3 Å². The third kappa shape index (κ3) is 2.88. The highest BCUT2D eigenvalue weighted by molar-refractivity contribution is 7.13. The van der Waals surface area contributed by atoms with Gasteiger partial charge in [-0.3, -0.25) is 0 Å². The summed E-state index contributed by atoms with van der Waals surface area (Å²) in [6.45, 7) is 5.52. The van der Waals surface area contributed by atoms with Crippen molar-refractivity contribution < 1.29 is 9.53 Å². The molecule has 1 aliphatic carbocycles. The monoisotopic (exact) mass is 255 g/mol. The maximum Gasteiger partial charge on any atom is 0.408 e. The Morgan fingerprint density at radius 1 is 1.59 bits per heavy atom. The van der Waals surface area contributed by atoms with Crippen LogP contribution in [0.5, 0.6) is 0 Å². The lowest BCUT2D eigenvalue weighted by Crippen LogP contribution is -2.39. The fourth-order valence-corrected chi connectivity index (χ4v) is 2.24. The molecular weight excluding hydrogens is 238 g/mol. The minimum Gasteiger partial charge on any atom is -0.444 e. The van der Waals surface area contributed by atoms with Gasteiger partial charge in [-0.15, -0.1) is 11.3 Å². The van der Waals surface area contributed by atoms with Gasteiger partial charge >= 0.3 is 6.09 Å². The van der Waals surface area contributed by atoms with E-state index in [1.54, 1.807) is 0 Å². The molecule has 1 aromatic rings. The number of carbonyl (C=O) groups excluding carboxylic acids is 1. The highest BCUT2D eigenvalue weighted by Crippen LogP contribution is 2.46. The smallest absolute Gasteiger partial charge is 0.408 e. The number of amides is 1. The lowest BCUT2D eigenvalue weighted by atomic mass is 10.2. The number of hydrogen-bond donors (Lipinski definition) is 2. The summed E-state index contributed by atoms with van der Waals surface area (Å²) in [6.07, 6.45) is 1.37. The summed E-state index contributed by atoms with van der Waals surface area (Å²) in [7, 11) is 0. The van der Waals surface area contributed by atoms with Gasteiger partial charge in [0.15, 0.2) is 5.13 Å². The first kappa shape index (κ1) is 12.2. The molecule has 2 rings (SSSR count). The molecule has 1 fully saturated rings. The van der Waals surface area contributed by atoms with Crippen molar-refractivity contribution in [1.29, 1.82) is 0 Å². The van der Waals surface area contributed by atoms with Crippen LogP contribution in [-0.2, 0) is 10.3 Å². The Morgan fingerprint density at radius 3 is 2.65 bits per heavy atom. The number of nitrogens with two attached hydrogens (primary N) is 1. The van der Waals surface area contributed by atoms with Gasteiger partial charge in [0.25, 0.3) is 0 Å². The number of ether oxygens (including phenoxy) is 1. The molecule has 0 saturated heterocycles. The molecule has 0 aromatic carbocycles. The van der Waals surface area contributed by atoms with Crippen LogP contribution in [0.3, 0.4) is 0 Å². The first-order valence-electron chi connectivity index (χ1n) is 5.53. The van der Waals surface area contributed by atoms with E-state index in [9.17, 15) is 4.79 Å². The first-order chi connectivity index (χ1) is 7.81. The van der Waals surface area contributed by atoms with E-state index in [2.05, 4.69) is 10.3 Å². The van der Waals surface area contributed by atoms with Crippen LogP contribution in [0, 0.1) is 0 Å². The number of anilines is 1. The van der Waals surface area contributed by atoms with E-state index in [-0.39, 0.29) is 5.54 Å². The van der Waals surface area contributed by atoms with Gasteiger partial charge in [-0.2, -0.15) is 0 Å². The number of carbonyl (C=O) groups is 1. The number of alkyl carbamates (subject to hydrolysis) is 1. The predicted molar refractivity (Wildman–Crippen MR) is 66.8 cm³/mol. The SMILES string of the molecule is CC(C)(C)OC(=O)NC1(c2csc(N)n2)CC1. The summed E-state index contributed by atoms with van der Waals surface area (Å²) in [4.78, 5) is 15.9. The fraction of sp³-hybridized carbons (Fsp3) is 0.636. The normalized spacial score (nSPS) is 17.6. The molecule has 1 aromatic heterocycles. The number of aromatic nitrogens is 1. The first-order valence-corrected chi connectivity index (χ1v) is 6.41. The van der Waals surface area contributed by atoms with Crippen LogP contribution >= 0.6 is 11.3 Å². The van der Waals surface area contributed by atoms with Gasteiger partial charge in [0.1, 0.15) is 5.60 Å². The summed E-state index contributed by atoms with van der Waals surface area (Å²) < 4.78 is 5.24. The fourth-order valence-electron chi connectivity index (χ4n) is 1.58. The summed E-state index contributed by atoms with van der Waals surface area (Å²) in [5.74, 6) is 0. The van der Waals surface area contributed by atoms with Crippen LogP contribution in [0.15, 0.2) is 5.38 Å². The molecule has 1 heterocycles. The van der Waals surface area contributed by atoms with Gasteiger partial charge in [-0.05, 0) is 33.6 Å². The van der Waals surface area contributed by atoms with Crippen molar-refractivity contribution in [3.8, 4) is 0 Å². The zero-order valence-corrected chi connectivity index (χ0v) is 11.1. The van der Waals surface area contributed by atoms with Crippen molar-refractivity contribution in [2.75, 3.05) is 5.73 Å². The van der Waals surface area contributed by atoms with E-state index < -0.39 is 11.7 Å². The maximum atomic E-state index is 11.7. The number of nitrogens with one attached hydrogen (secondary N) is 1. The number of rotatable bonds is 2. The van der Waals surface area contributed by atoms with Crippen molar-refractivity contribution in [3.63, 3.8) is 0 Å². The second-order valence-corrected chi connectivity index (χ2v) is 6.17. The van der Waals surface area contributed by atoms with Crippen LogP contribution in [0.1, 0.15) is 39.3 Å². The van der Waals surface area contributed by atoms with Crippen molar-refractivity contribution in [2.45, 2.75) is 44.8 Å². The zero-order valence-electron chi connectivity index (χ0n) is 10.2. The maximum absolute atomic E-state index is 11.7. The molecule has 0 radical (unpaired) electrons. The Bertz CT molecular complexity index is 432. The highest BCUT2D eigenvalue weighted by atomic mass is 32.1. The Labute approximate surface area is 104 Å². The molecular formula is C11H17N3O2S. The van der Waals surface area contributed by atoms with E-state index in [4.69, 9.17) is 10.5 Å². The highest BCUT2D eigenvalue weighted by Gasteiger charge is 2.48. The molecule has 0 aliphatic heterocycles. The molecule has 5 nitrogen and oxygen atoms in total. The van der Waals surface area contributed by atoms with Crippen molar-refractivity contribution in [2.24, 2.45) is 0 Å². The molecule has 0 spiro atoms. The van der Waals surface area contributed by atoms with E-state index in [1.165, 1.54) is 11.3 Å². The number of thiazole rings is 1. The average molecular weight is 255 g/mol. The van der Waals surface area contributed by atoms with Crippen LogP contribution < -0.4 is 11.1 Å². The molecule has 94 valence electrons. The lowest BCUT2D eigenvalue weighted by molar-refractivity contribution is 0.0494. The van der Waals surface area contributed by atoms with Gasteiger partial charge in [0, 0.05) is 5.38 Å². The minimum atomic E-state index is -0.485. The Balaban J connectivity index is 2.02. The quantitative estimate of drug-likeness (QED) is 0.849. The lowest BCUT2D eigenvalue weighted by Gasteiger charge is -2.22. The van der Waals surface area contributed by atoms with Gasteiger partial charge < -0.3 is 15.8 Å². The molecule has 3 N–H and O–H groups in total. The minimum absolute atomic E-state index is 0.351. The largest absolute Gasteiger partial charge is 0.444 e. The van der Waals surface area contributed by atoms with Crippen LogP contribution in [0.2, 0.25) is 0 Å². The Morgan fingerprint density at radius 2 is 2.24 bits per heavy atom. The summed E-state index contributed by atoms with van der Waals surface area (Å²) in [6, 6.07) is 0.